The smallest absolute Gasteiger partial charge is 0.410 e. The molecule has 2 saturated heterocycles. The highest BCUT2D eigenvalue weighted by Gasteiger charge is 2.43. The lowest BCUT2D eigenvalue weighted by molar-refractivity contribution is 0.0208. The first-order valence-corrected chi connectivity index (χ1v) is 11.9. The van der Waals surface area contributed by atoms with Crippen LogP contribution in [-0.2, 0) is 4.74 Å². The Hall–Kier alpha value is -2.36. The van der Waals surface area contributed by atoms with Gasteiger partial charge in [-0.1, -0.05) is 13.8 Å². The molecule has 0 spiro atoms. The molecule has 2 aliphatic rings. The van der Waals surface area contributed by atoms with Gasteiger partial charge in [-0.05, 0) is 61.5 Å². The van der Waals surface area contributed by atoms with Gasteiger partial charge in [0.2, 0.25) is 0 Å². The van der Waals surface area contributed by atoms with E-state index >= 15 is 0 Å². The van der Waals surface area contributed by atoms with Crippen LogP contribution < -0.4 is 4.90 Å². The van der Waals surface area contributed by atoms with Crippen molar-refractivity contribution in [3.05, 3.63) is 22.9 Å². The Bertz CT molecular complexity index is 1020. The van der Waals surface area contributed by atoms with Crippen molar-refractivity contribution in [1.29, 1.82) is 0 Å². The number of carbonyl (C=O) groups excluding carboxylic acids is 2. The van der Waals surface area contributed by atoms with Crippen LogP contribution in [-0.4, -0.2) is 73.8 Å². The highest BCUT2D eigenvalue weighted by Crippen LogP contribution is 2.30. The number of halogens is 1. The number of ether oxygens (including phenoxy) is 1. The maximum absolute atomic E-state index is 13.5. The normalized spacial score (nSPS) is 22.0. The molecular formula is C22H31BrN6O3. The third kappa shape index (κ3) is 4.42. The number of likely N-dealkylation sites (tertiary alicyclic amines) is 1. The fraction of sp³-hybridized carbons (Fsp3) is 0.636. The van der Waals surface area contributed by atoms with Gasteiger partial charge in [-0.3, -0.25) is 4.90 Å². The van der Waals surface area contributed by atoms with Gasteiger partial charge in [-0.2, -0.15) is 5.10 Å². The SMILES string of the molecule is CC(C)[C@H]1CN(CC2CCCN2C(=O)OC(C)(C)C)C(=O)N1c1ccn2ncc(Br)c2n1. The van der Waals surface area contributed by atoms with E-state index in [9.17, 15) is 9.59 Å². The monoisotopic (exact) mass is 506 g/mol. The minimum atomic E-state index is -0.542. The van der Waals surface area contributed by atoms with E-state index in [-0.39, 0.29) is 30.1 Å². The first kappa shape index (κ1) is 22.8. The van der Waals surface area contributed by atoms with E-state index in [1.165, 1.54) is 0 Å². The van der Waals surface area contributed by atoms with Gasteiger partial charge < -0.3 is 14.5 Å². The maximum atomic E-state index is 13.5. The highest BCUT2D eigenvalue weighted by atomic mass is 79.9. The molecule has 10 heteroatoms. The Kier molecular flexibility index (Phi) is 6.08. The van der Waals surface area contributed by atoms with Gasteiger partial charge in [0.15, 0.2) is 5.65 Å². The second kappa shape index (κ2) is 8.53. The Morgan fingerprint density at radius 2 is 2.09 bits per heavy atom. The second-order valence-corrected chi connectivity index (χ2v) is 10.7. The van der Waals surface area contributed by atoms with Gasteiger partial charge in [-0.25, -0.2) is 19.1 Å². The minimum Gasteiger partial charge on any atom is -0.444 e. The topological polar surface area (TPSA) is 83.3 Å². The Balaban J connectivity index is 1.55. The van der Waals surface area contributed by atoms with Crippen LogP contribution in [0.15, 0.2) is 22.9 Å². The molecule has 1 unspecified atom stereocenters. The first-order valence-electron chi connectivity index (χ1n) is 11.1. The third-order valence-electron chi connectivity index (χ3n) is 5.98. The summed E-state index contributed by atoms with van der Waals surface area (Å²) in [7, 11) is 0. The number of aromatic nitrogens is 3. The largest absolute Gasteiger partial charge is 0.444 e. The molecule has 9 nitrogen and oxygen atoms in total. The minimum absolute atomic E-state index is 0.00414. The molecule has 4 heterocycles. The summed E-state index contributed by atoms with van der Waals surface area (Å²) in [6.45, 7) is 11.6. The summed E-state index contributed by atoms with van der Waals surface area (Å²) in [5, 5.41) is 4.24. The van der Waals surface area contributed by atoms with Gasteiger partial charge in [-0.15, -0.1) is 0 Å². The van der Waals surface area contributed by atoms with Crippen molar-refractivity contribution in [2.24, 2.45) is 5.92 Å². The summed E-state index contributed by atoms with van der Waals surface area (Å²) in [6, 6.07) is 1.70. The average molecular weight is 507 g/mol. The number of hydrogen-bond acceptors (Lipinski definition) is 5. The van der Waals surface area contributed by atoms with Crippen molar-refractivity contribution in [2.75, 3.05) is 24.5 Å². The highest BCUT2D eigenvalue weighted by molar-refractivity contribution is 9.10. The molecule has 2 aliphatic heterocycles. The molecule has 174 valence electrons. The van der Waals surface area contributed by atoms with Crippen LogP contribution >= 0.6 is 15.9 Å². The lowest BCUT2D eigenvalue weighted by Gasteiger charge is -2.30. The van der Waals surface area contributed by atoms with Gasteiger partial charge in [0, 0.05) is 25.8 Å². The van der Waals surface area contributed by atoms with Crippen LogP contribution in [0.2, 0.25) is 0 Å². The van der Waals surface area contributed by atoms with Crippen molar-refractivity contribution in [1.82, 2.24) is 24.4 Å². The molecule has 0 radical (unpaired) electrons. The van der Waals surface area contributed by atoms with E-state index in [1.807, 2.05) is 37.9 Å². The number of amides is 3. The summed E-state index contributed by atoms with van der Waals surface area (Å²) < 4.78 is 8.04. The number of fused-ring (bicyclic) bond motifs is 1. The van der Waals surface area contributed by atoms with Crippen molar-refractivity contribution in [2.45, 2.75) is 65.1 Å². The van der Waals surface area contributed by atoms with Crippen LogP contribution in [0.5, 0.6) is 0 Å². The van der Waals surface area contributed by atoms with E-state index in [2.05, 4.69) is 34.9 Å². The summed E-state index contributed by atoms with van der Waals surface area (Å²) in [4.78, 5) is 36.3. The Morgan fingerprint density at radius 1 is 1.34 bits per heavy atom. The van der Waals surface area contributed by atoms with E-state index in [1.54, 1.807) is 20.5 Å². The van der Waals surface area contributed by atoms with E-state index in [0.717, 1.165) is 17.3 Å². The average Bonchev–Trinajstić information content (AvgIpc) is 3.39. The van der Waals surface area contributed by atoms with Gasteiger partial charge in [0.05, 0.1) is 22.8 Å². The number of urea groups is 1. The molecule has 4 rings (SSSR count). The molecule has 0 N–H and O–H groups in total. The molecule has 2 aromatic heterocycles. The molecule has 0 aromatic carbocycles. The van der Waals surface area contributed by atoms with Gasteiger partial charge >= 0.3 is 12.1 Å². The molecule has 3 amide bonds. The zero-order chi connectivity index (χ0) is 23.2. The summed E-state index contributed by atoms with van der Waals surface area (Å²) >= 11 is 3.47. The first-order chi connectivity index (χ1) is 15.0. The van der Waals surface area contributed by atoms with Gasteiger partial charge in [0.1, 0.15) is 11.4 Å². The van der Waals surface area contributed by atoms with Crippen molar-refractivity contribution in [3.63, 3.8) is 0 Å². The molecule has 32 heavy (non-hydrogen) atoms. The Morgan fingerprint density at radius 3 is 2.78 bits per heavy atom. The van der Waals surface area contributed by atoms with E-state index in [0.29, 0.717) is 31.1 Å². The number of carbonyl (C=O) groups is 2. The van der Waals surface area contributed by atoms with Crippen molar-refractivity contribution in [3.8, 4) is 0 Å². The third-order valence-corrected chi connectivity index (χ3v) is 6.54. The summed E-state index contributed by atoms with van der Waals surface area (Å²) in [6.07, 6.45) is 4.98. The van der Waals surface area contributed by atoms with Crippen LogP contribution in [0.1, 0.15) is 47.5 Å². The molecular weight excluding hydrogens is 476 g/mol. The Labute approximate surface area is 196 Å². The quantitative estimate of drug-likeness (QED) is 0.621. The predicted molar refractivity (Wildman–Crippen MR) is 125 cm³/mol. The standard InChI is InChI=1S/C22H31BrN6O3/c1-14(2)17-13-26(12-15-7-6-9-27(15)21(31)32-22(3,4)5)20(30)29(17)18-8-10-28-19(25-18)16(23)11-24-28/h8,10-11,14-15,17H,6-7,9,12-13H2,1-5H3/t15?,17-/m1/s1. The van der Waals surface area contributed by atoms with Crippen LogP contribution in [0, 0.1) is 5.92 Å². The van der Waals surface area contributed by atoms with E-state index in [4.69, 9.17) is 9.72 Å². The van der Waals surface area contributed by atoms with Crippen LogP contribution in [0.4, 0.5) is 15.4 Å². The number of rotatable bonds is 4. The number of hydrogen-bond donors (Lipinski definition) is 0. The fourth-order valence-electron chi connectivity index (χ4n) is 4.42. The van der Waals surface area contributed by atoms with Crippen molar-refractivity contribution >= 4 is 39.5 Å². The van der Waals surface area contributed by atoms with E-state index < -0.39 is 5.60 Å². The van der Waals surface area contributed by atoms with Crippen molar-refractivity contribution < 1.29 is 14.3 Å². The zero-order valence-corrected chi connectivity index (χ0v) is 20.9. The van der Waals surface area contributed by atoms with Crippen LogP contribution in [0.25, 0.3) is 5.65 Å². The van der Waals surface area contributed by atoms with Gasteiger partial charge in [0.25, 0.3) is 0 Å². The number of anilines is 1. The summed E-state index contributed by atoms with van der Waals surface area (Å²) in [5.41, 5.74) is 0.127. The molecule has 0 bridgehead atoms. The lowest BCUT2D eigenvalue weighted by Crippen LogP contribution is -2.46. The molecule has 2 fully saturated rings. The summed E-state index contributed by atoms with van der Waals surface area (Å²) in [5.74, 6) is 0.862. The van der Waals surface area contributed by atoms with Crippen LogP contribution in [0.3, 0.4) is 0 Å². The second-order valence-electron chi connectivity index (χ2n) is 9.89. The maximum Gasteiger partial charge on any atom is 0.410 e. The lowest BCUT2D eigenvalue weighted by atomic mass is 10.0. The number of nitrogens with zero attached hydrogens (tertiary/aromatic N) is 6. The predicted octanol–water partition coefficient (Wildman–Crippen LogP) is 4.16. The molecule has 0 saturated carbocycles. The fourth-order valence-corrected chi connectivity index (χ4v) is 4.78. The zero-order valence-electron chi connectivity index (χ0n) is 19.3. The molecule has 0 aliphatic carbocycles. The molecule has 2 atom stereocenters. The molecule has 2 aromatic rings.